The molecular formula is C20H25N3O4. The lowest BCUT2D eigenvalue weighted by Crippen LogP contribution is -2.50. The summed E-state index contributed by atoms with van der Waals surface area (Å²) in [4.78, 5) is 24.5. The molecule has 0 aliphatic carbocycles. The molecule has 2 rings (SSSR count). The second kappa shape index (κ2) is 8.12. The van der Waals surface area contributed by atoms with Gasteiger partial charge in [0.15, 0.2) is 6.61 Å². The number of ether oxygens (including phenoxy) is 1. The minimum absolute atomic E-state index is 0.0809. The number of amides is 1. The molecule has 0 aromatic carbocycles. The van der Waals surface area contributed by atoms with Crippen molar-refractivity contribution in [2.45, 2.75) is 46.7 Å². The molecule has 2 aromatic heterocycles. The molecule has 2 heterocycles. The van der Waals surface area contributed by atoms with Gasteiger partial charge in [-0.05, 0) is 44.9 Å². The van der Waals surface area contributed by atoms with Gasteiger partial charge in [0.2, 0.25) is 0 Å². The first-order valence-corrected chi connectivity index (χ1v) is 8.76. The molecule has 0 unspecified atom stereocenters. The average Bonchev–Trinajstić information content (AvgIpc) is 3.23. The summed E-state index contributed by atoms with van der Waals surface area (Å²) in [5.74, 6) is -0.388. The maximum atomic E-state index is 12.4. The van der Waals surface area contributed by atoms with Crippen LogP contribution in [0.4, 0.5) is 0 Å². The number of nitriles is 1. The molecule has 144 valence electrons. The molecule has 0 spiro atoms. The Labute approximate surface area is 158 Å². The number of hydrogen-bond acceptors (Lipinski definition) is 5. The number of aryl methyl sites for hydroxylation is 1. The van der Waals surface area contributed by atoms with Crippen molar-refractivity contribution in [3.05, 3.63) is 47.2 Å². The topological polar surface area (TPSA) is 97.3 Å². The monoisotopic (exact) mass is 371 g/mol. The molecule has 0 radical (unpaired) electrons. The summed E-state index contributed by atoms with van der Waals surface area (Å²) < 4.78 is 12.4. The Bertz CT molecular complexity index is 859. The first-order chi connectivity index (χ1) is 12.7. The molecule has 0 fully saturated rings. The van der Waals surface area contributed by atoms with Gasteiger partial charge in [0.1, 0.15) is 11.3 Å². The van der Waals surface area contributed by atoms with E-state index in [1.165, 1.54) is 0 Å². The number of furan rings is 1. The number of carbonyl (C=O) groups is 2. The van der Waals surface area contributed by atoms with Crippen LogP contribution in [0.15, 0.2) is 28.9 Å². The molecule has 0 saturated heterocycles. The molecular weight excluding hydrogens is 346 g/mol. The van der Waals surface area contributed by atoms with Gasteiger partial charge in [0.05, 0.1) is 24.4 Å². The van der Waals surface area contributed by atoms with Crippen LogP contribution in [-0.2, 0) is 16.1 Å². The van der Waals surface area contributed by atoms with Gasteiger partial charge in [0, 0.05) is 11.4 Å². The Morgan fingerprint density at radius 3 is 2.67 bits per heavy atom. The van der Waals surface area contributed by atoms with E-state index in [9.17, 15) is 14.9 Å². The first-order valence-electron chi connectivity index (χ1n) is 8.76. The van der Waals surface area contributed by atoms with E-state index in [-0.39, 0.29) is 5.92 Å². The van der Waals surface area contributed by atoms with Crippen LogP contribution in [0.25, 0.3) is 0 Å². The molecule has 1 atom stereocenters. The fourth-order valence-electron chi connectivity index (χ4n) is 2.65. The van der Waals surface area contributed by atoms with E-state index in [0.29, 0.717) is 12.1 Å². The van der Waals surface area contributed by atoms with Crippen LogP contribution in [0.5, 0.6) is 0 Å². The van der Waals surface area contributed by atoms with Crippen LogP contribution in [0.1, 0.15) is 48.3 Å². The minimum atomic E-state index is -1.01. The van der Waals surface area contributed by atoms with Gasteiger partial charge in [-0.3, -0.25) is 4.79 Å². The highest BCUT2D eigenvalue weighted by molar-refractivity contribution is 5.92. The van der Waals surface area contributed by atoms with Gasteiger partial charge in [0.25, 0.3) is 5.91 Å². The Morgan fingerprint density at radius 1 is 1.41 bits per heavy atom. The van der Waals surface area contributed by atoms with Crippen molar-refractivity contribution in [2.24, 2.45) is 5.92 Å². The summed E-state index contributed by atoms with van der Waals surface area (Å²) >= 11 is 0. The molecule has 1 N–H and O–H groups in total. The van der Waals surface area contributed by atoms with E-state index in [4.69, 9.17) is 9.15 Å². The summed E-state index contributed by atoms with van der Waals surface area (Å²) in [7, 11) is 0. The summed E-state index contributed by atoms with van der Waals surface area (Å²) in [5, 5.41) is 11.9. The fourth-order valence-corrected chi connectivity index (χ4v) is 2.65. The number of rotatable bonds is 7. The zero-order chi connectivity index (χ0) is 20.2. The molecule has 0 saturated carbocycles. The Morgan fingerprint density at radius 2 is 2.11 bits per heavy atom. The molecule has 0 aliphatic heterocycles. The van der Waals surface area contributed by atoms with Gasteiger partial charge in [-0.2, -0.15) is 5.26 Å². The maximum absolute atomic E-state index is 12.4. The van der Waals surface area contributed by atoms with Crippen LogP contribution >= 0.6 is 0 Å². The largest absolute Gasteiger partial charge is 0.467 e. The average molecular weight is 371 g/mol. The van der Waals surface area contributed by atoms with Crippen molar-refractivity contribution in [1.82, 2.24) is 9.88 Å². The van der Waals surface area contributed by atoms with Crippen LogP contribution in [-0.4, -0.2) is 28.6 Å². The lowest BCUT2D eigenvalue weighted by Gasteiger charge is -2.27. The van der Waals surface area contributed by atoms with Crippen LogP contribution < -0.4 is 5.32 Å². The first kappa shape index (κ1) is 20.3. The predicted molar refractivity (Wildman–Crippen MR) is 99.0 cm³/mol. The van der Waals surface area contributed by atoms with Crippen molar-refractivity contribution in [3.63, 3.8) is 0 Å². The normalized spacial score (nSPS) is 13.1. The number of aromatic nitrogens is 1. The van der Waals surface area contributed by atoms with Crippen LogP contribution in [0.2, 0.25) is 0 Å². The van der Waals surface area contributed by atoms with Gasteiger partial charge in [-0.15, -0.1) is 0 Å². The summed E-state index contributed by atoms with van der Waals surface area (Å²) in [6.07, 6.45) is 1.60. The quantitative estimate of drug-likeness (QED) is 0.755. The zero-order valence-corrected chi connectivity index (χ0v) is 16.3. The van der Waals surface area contributed by atoms with E-state index >= 15 is 0 Å². The Hall–Kier alpha value is -3.01. The van der Waals surface area contributed by atoms with Gasteiger partial charge < -0.3 is 19.0 Å². The standard InChI is InChI=1S/C20H25N3O4/c1-13(2)20(5,12-21)22-18(24)11-27-19(25)17-9-14(3)23(15(17)4)10-16-7-6-8-26-16/h6-9,13H,10-11H2,1-5H3,(H,22,24)/t20-/m1/s1. The summed E-state index contributed by atoms with van der Waals surface area (Å²) in [5.41, 5.74) is 1.01. The number of nitrogens with one attached hydrogen (secondary N) is 1. The number of nitrogens with zero attached hydrogens (tertiary/aromatic N) is 2. The Kier molecular flexibility index (Phi) is 6.11. The van der Waals surface area contributed by atoms with Crippen LogP contribution in [0.3, 0.4) is 0 Å². The van der Waals surface area contributed by atoms with Gasteiger partial charge >= 0.3 is 5.97 Å². The van der Waals surface area contributed by atoms with Crippen molar-refractivity contribution in [1.29, 1.82) is 5.26 Å². The fraction of sp³-hybridized carbons (Fsp3) is 0.450. The third kappa shape index (κ3) is 4.59. The van der Waals surface area contributed by atoms with E-state index in [0.717, 1.165) is 17.1 Å². The van der Waals surface area contributed by atoms with E-state index in [1.807, 2.05) is 44.4 Å². The molecule has 7 heteroatoms. The smallest absolute Gasteiger partial charge is 0.340 e. The highest BCUT2D eigenvalue weighted by atomic mass is 16.5. The molecule has 27 heavy (non-hydrogen) atoms. The minimum Gasteiger partial charge on any atom is -0.467 e. The van der Waals surface area contributed by atoms with Crippen molar-refractivity contribution >= 4 is 11.9 Å². The van der Waals surface area contributed by atoms with Crippen molar-refractivity contribution in [2.75, 3.05) is 6.61 Å². The highest BCUT2D eigenvalue weighted by Crippen LogP contribution is 2.19. The predicted octanol–water partition coefficient (Wildman–Crippen LogP) is 2.96. The second-order valence-electron chi connectivity index (χ2n) is 7.04. The highest BCUT2D eigenvalue weighted by Gasteiger charge is 2.30. The molecule has 0 aliphatic rings. The molecule has 0 bridgehead atoms. The van der Waals surface area contributed by atoms with Gasteiger partial charge in [-0.1, -0.05) is 13.8 Å². The van der Waals surface area contributed by atoms with E-state index < -0.39 is 24.0 Å². The van der Waals surface area contributed by atoms with Crippen molar-refractivity contribution < 1.29 is 18.7 Å². The number of carbonyl (C=O) groups excluding carboxylic acids is 2. The maximum Gasteiger partial charge on any atom is 0.340 e. The number of hydrogen-bond donors (Lipinski definition) is 1. The molecule has 7 nitrogen and oxygen atoms in total. The SMILES string of the molecule is Cc1cc(C(=O)OCC(=O)N[C@](C)(C#N)C(C)C)c(C)n1Cc1ccco1. The second-order valence-corrected chi connectivity index (χ2v) is 7.04. The van der Waals surface area contributed by atoms with Crippen molar-refractivity contribution in [3.8, 4) is 6.07 Å². The third-order valence-corrected chi connectivity index (χ3v) is 4.81. The van der Waals surface area contributed by atoms with Crippen LogP contribution in [0, 0.1) is 31.1 Å². The Balaban J connectivity index is 2.02. The van der Waals surface area contributed by atoms with Gasteiger partial charge in [-0.25, -0.2) is 4.79 Å². The summed E-state index contributed by atoms with van der Waals surface area (Å²) in [6.45, 7) is 9.09. The zero-order valence-electron chi connectivity index (χ0n) is 16.3. The third-order valence-electron chi connectivity index (χ3n) is 4.81. The van der Waals surface area contributed by atoms with E-state index in [1.54, 1.807) is 19.3 Å². The lowest BCUT2D eigenvalue weighted by atomic mass is 9.90. The molecule has 1 amide bonds. The molecule has 2 aromatic rings. The number of esters is 1. The van der Waals surface area contributed by atoms with E-state index in [2.05, 4.69) is 11.4 Å². The summed E-state index contributed by atoms with van der Waals surface area (Å²) in [6, 6.07) is 7.48. The lowest BCUT2D eigenvalue weighted by molar-refractivity contribution is -0.125.